The van der Waals surface area contributed by atoms with Crippen LogP contribution >= 0.6 is 0 Å². The highest BCUT2D eigenvalue weighted by molar-refractivity contribution is 5.98. The molecule has 2 aromatic carbocycles. The molecule has 1 unspecified atom stereocenters. The Morgan fingerprint density at radius 3 is 2.32 bits per heavy atom. The van der Waals surface area contributed by atoms with Crippen LogP contribution in [-0.4, -0.2) is 53.7 Å². The first kappa shape index (κ1) is 27.6. The zero-order valence-corrected chi connectivity index (χ0v) is 20.9. The highest BCUT2D eigenvalue weighted by Gasteiger charge is 2.45. The monoisotopic (exact) mass is 529 g/mol. The number of alkyl halides is 3. The molecule has 2 amide bonds. The highest BCUT2D eigenvalue weighted by Crippen LogP contribution is 2.35. The number of anilines is 1. The predicted molar refractivity (Wildman–Crippen MR) is 133 cm³/mol. The topological polar surface area (TPSA) is 103 Å². The Kier molecular flexibility index (Phi) is 8.38. The van der Waals surface area contributed by atoms with Crippen molar-refractivity contribution in [2.75, 3.05) is 31.6 Å². The summed E-state index contributed by atoms with van der Waals surface area (Å²) in [6.45, 7) is 2.13. The molecule has 2 fully saturated rings. The Morgan fingerprint density at radius 1 is 1.05 bits per heavy atom. The maximum Gasteiger partial charge on any atom is 0.417 e. The van der Waals surface area contributed by atoms with Crippen molar-refractivity contribution in [1.82, 2.24) is 4.90 Å². The summed E-state index contributed by atoms with van der Waals surface area (Å²) < 4.78 is 45.6. The second kappa shape index (κ2) is 11.5. The number of likely N-dealkylation sites (tertiary alicyclic amines) is 1. The fourth-order valence-electron chi connectivity index (χ4n) is 5.13. The molecule has 0 aromatic heterocycles. The number of hydrogen-bond donors (Lipinski definition) is 2. The first-order valence-corrected chi connectivity index (χ1v) is 12.7. The molecule has 0 bridgehead atoms. The molecule has 2 saturated heterocycles. The second-order valence-corrected chi connectivity index (χ2v) is 9.86. The summed E-state index contributed by atoms with van der Waals surface area (Å²) in [5.74, 6) is -1.39. The molecule has 38 heavy (non-hydrogen) atoms. The molecule has 10 heteroatoms. The van der Waals surface area contributed by atoms with Gasteiger partial charge >= 0.3 is 6.18 Å². The van der Waals surface area contributed by atoms with Crippen LogP contribution in [0.2, 0.25) is 0 Å². The van der Waals surface area contributed by atoms with E-state index >= 15 is 0 Å². The molecule has 1 atom stereocenters. The Bertz CT molecular complexity index is 1200. The van der Waals surface area contributed by atoms with Crippen LogP contribution in [0.3, 0.4) is 0 Å². The lowest BCUT2D eigenvalue weighted by atomic mass is 9.77. The van der Waals surface area contributed by atoms with Crippen LogP contribution in [0.5, 0.6) is 0 Å². The fourth-order valence-corrected chi connectivity index (χ4v) is 5.13. The number of aliphatic hydroxyl groups is 1. The highest BCUT2D eigenvalue weighted by atomic mass is 19.4. The van der Waals surface area contributed by atoms with E-state index in [9.17, 15) is 27.9 Å². The summed E-state index contributed by atoms with van der Waals surface area (Å²) in [5, 5.41) is 23.2. The summed E-state index contributed by atoms with van der Waals surface area (Å²) >= 11 is 0. The van der Waals surface area contributed by atoms with Crippen molar-refractivity contribution < 1.29 is 32.6 Å². The van der Waals surface area contributed by atoms with Gasteiger partial charge in [-0.25, -0.2) is 0 Å². The number of halogens is 3. The third-order valence-corrected chi connectivity index (χ3v) is 7.31. The molecule has 2 aliphatic heterocycles. The van der Waals surface area contributed by atoms with Crippen LogP contribution in [0.15, 0.2) is 42.5 Å². The normalized spacial score (nSPS) is 18.3. The maximum atomic E-state index is 13.4. The summed E-state index contributed by atoms with van der Waals surface area (Å²) in [7, 11) is 0. The minimum absolute atomic E-state index is 0.0602. The van der Waals surface area contributed by atoms with Crippen molar-refractivity contribution in [3.63, 3.8) is 0 Å². The number of piperidine rings is 1. The molecule has 0 spiro atoms. The van der Waals surface area contributed by atoms with E-state index < -0.39 is 34.7 Å². The van der Waals surface area contributed by atoms with Gasteiger partial charge in [-0.05, 0) is 68.0 Å². The van der Waals surface area contributed by atoms with Gasteiger partial charge in [-0.2, -0.15) is 18.4 Å². The third-order valence-electron chi connectivity index (χ3n) is 7.31. The van der Waals surface area contributed by atoms with Crippen LogP contribution in [0.1, 0.15) is 59.2 Å². The smallest absolute Gasteiger partial charge is 0.381 e. The van der Waals surface area contributed by atoms with Crippen molar-refractivity contribution in [2.24, 2.45) is 5.92 Å². The number of rotatable bonds is 6. The standard InChI is InChI=1S/C28H30F3N3O4/c29-28(30,31)24-16-23(9-8-21(24)18-32)33-26(36)27(37,22-10-14-38-15-11-22)17-19-4-6-20(7-5-19)25(35)34-12-2-1-3-13-34/h4-9,16,22,37H,1-3,10-15,17H2,(H,33,36). The molecule has 2 aliphatic rings. The molecule has 2 N–H and O–H groups in total. The van der Waals surface area contributed by atoms with E-state index in [0.717, 1.165) is 38.4 Å². The molecular formula is C28H30F3N3O4. The first-order chi connectivity index (χ1) is 18.1. The van der Waals surface area contributed by atoms with Gasteiger partial charge in [0, 0.05) is 49.9 Å². The fraction of sp³-hybridized carbons (Fsp3) is 0.464. The van der Waals surface area contributed by atoms with Crippen molar-refractivity contribution in [1.29, 1.82) is 5.26 Å². The molecule has 0 saturated carbocycles. The minimum atomic E-state index is -4.78. The van der Waals surface area contributed by atoms with Gasteiger partial charge in [0.15, 0.2) is 0 Å². The third kappa shape index (κ3) is 6.17. The van der Waals surface area contributed by atoms with Gasteiger partial charge in [0.1, 0.15) is 5.60 Å². The van der Waals surface area contributed by atoms with Gasteiger partial charge in [-0.1, -0.05) is 12.1 Å². The van der Waals surface area contributed by atoms with Gasteiger partial charge in [0.05, 0.1) is 17.2 Å². The lowest BCUT2D eigenvalue weighted by molar-refractivity contribution is -0.144. The molecule has 2 heterocycles. The van der Waals surface area contributed by atoms with Crippen molar-refractivity contribution in [2.45, 2.75) is 50.3 Å². The van der Waals surface area contributed by atoms with Crippen molar-refractivity contribution in [3.05, 3.63) is 64.7 Å². The number of nitrogens with one attached hydrogen (secondary N) is 1. The number of hydrogen-bond acceptors (Lipinski definition) is 5. The summed E-state index contributed by atoms with van der Waals surface area (Å²) in [5.41, 5.74) is -2.70. The second-order valence-electron chi connectivity index (χ2n) is 9.86. The van der Waals surface area contributed by atoms with Gasteiger partial charge < -0.3 is 20.1 Å². The number of benzene rings is 2. The largest absolute Gasteiger partial charge is 0.417 e. The number of ether oxygens (including phenoxy) is 1. The minimum Gasteiger partial charge on any atom is -0.381 e. The van der Waals surface area contributed by atoms with Gasteiger partial charge in [-0.3, -0.25) is 9.59 Å². The number of nitrogens with zero attached hydrogens (tertiary/aromatic N) is 2. The quantitative estimate of drug-likeness (QED) is 0.572. The SMILES string of the molecule is N#Cc1ccc(NC(=O)C(O)(Cc2ccc(C(=O)N3CCCCC3)cc2)C2CCOCC2)cc1C(F)(F)F. The number of carbonyl (C=O) groups excluding carboxylic acids is 2. The predicted octanol–water partition coefficient (Wildman–Crippen LogP) is 4.54. The Morgan fingerprint density at radius 2 is 1.71 bits per heavy atom. The van der Waals surface area contributed by atoms with Crippen molar-refractivity contribution >= 4 is 17.5 Å². The number of amides is 2. The van der Waals surface area contributed by atoms with E-state index in [1.54, 1.807) is 24.3 Å². The van der Waals surface area contributed by atoms with E-state index in [-0.39, 0.29) is 18.0 Å². The van der Waals surface area contributed by atoms with E-state index in [4.69, 9.17) is 10.00 Å². The van der Waals surface area contributed by atoms with E-state index in [1.807, 2.05) is 4.90 Å². The average molecular weight is 530 g/mol. The van der Waals surface area contributed by atoms with Crippen LogP contribution in [0.4, 0.5) is 18.9 Å². The molecule has 4 rings (SSSR count). The summed E-state index contributed by atoms with van der Waals surface area (Å²) in [6, 6.07) is 11.1. The summed E-state index contributed by atoms with van der Waals surface area (Å²) in [4.78, 5) is 28.0. The Labute approximate surface area is 219 Å². The maximum absolute atomic E-state index is 13.4. The first-order valence-electron chi connectivity index (χ1n) is 12.7. The van der Waals surface area contributed by atoms with Crippen molar-refractivity contribution in [3.8, 4) is 6.07 Å². The van der Waals surface area contributed by atoms with Crippen LogP contribution in [-0.2, 0) is 22.1 Å². The van der Waals surface area contributed by atoms with Gasteiger partial charge in [0.2, 0.25) is 0 Å². The molecule has 7 nitrogen and oxygen atoms in total. The van der Waals surface area contributed by atoms with Gasteiger partial charge in [-0.15, -0.1) is 0 Å². The van der Waals surface area contributed by atoms with Crippen LogP contribution < -0.4 is 5.32 Å². The molecule has 2 aromatic rings. The Balaban J connectivity index is 1.56. The number of carbonyl (C=O) groups is 2. The lowest BCUT2D eigenvalue weighted by Crippen LogP contribution is -2.52. The van der Waals surface area contributed by atoms with E-state index in [0.29, 0.717) is 43.2 Å². The molecular weight excluding hydrogens is 499 g/mol. The lowest BCUT2D eigenvalue weighted by Gasteiger charge is -2.37. The number of nitriles is 1. The Hall–Kier alpha value is -3.42. The zero-order chi connectivity index (χ0) is 27.3. The van der Waals surface area contributed by atoms with E-state index in [1.165, 1.54) is 12.1 Å². The van der Waals surface area contributed by atoms with Gasteiger partial charge in [0.25, 0.3) is 11.8 Å². The van der Waals surface area contributed by atoms with E-state index in [2.05, 4.69) is 5.32 Å². The molecule has 202 valence electrons. The summed E-state index contributed by atoms with van der Waals surface area (Å²) in [6.07, 6.45) is -1.02. The zero-order valence-electron chi connectivity index (χ0n) is 20.9. The average Bonchev–Trinajstić information content (AvgIpc) is 2.93. The van der Waals surface area contributed by atoms with Crippen LogP contribution in [0, 0.1) is 17.2 Å². The molecule has 0 radical (unpaired) electrons. The molecule has 0 aliphatic carbocycles. The van der Waals surface area contributed by atoms with Crippen LogP contribution in [0.25, 0.3) is 0 Å².